The van der Waals surface area contributed by atoms with Crippen molar-refractivity contribution in [3.8, 4) is 0 Å². The Morgan fingerprint density at radius 1 is 1.29 bits per heavy atom. The minimum absolute atomic E-state index is 0.979. The summed E-state index contributed by atoms with van der Waals surface area (Å²) in [5.41, 5.74) is 0. The van der Waals surface area contributed by atoms with E-state index in [0.717, 1.165) is 4.72 Å². The van der Waals surface area contributed by atoms with Gasteiger partial charge in [-0.25, -0.2) is 0 Å². The summed E-state index contributed by atoms with van der Waals surface area (Å²) in [7, 11) is -4.41. The molecule has 0 aliphatic rings. The lowest BCUT2D eigenvalue weighted by molar-refractivity contribution is -0.135. The van der Waals surface area contributed by atoms with Crippen molar-refractivity contribution in [1.82, 2.24) is 9.44 Å². The molecule has 14 heavy (non-hydrogen) atoms. The molecule has 0 radical (unpaired) electrons. The second kappa shape index (κ2) is 4.57. The van der Waals surface area contributed by atoms with Crippen LogP contribution in [0.4, 0.5) is 13.2 Å². The van der Waals surface area contributed by atoms with Gasteiger partial charge in [-0.15, -0.1) is 0 Å². The van der Waals surface area contributed by atoms with Crippen LogP contribution in [0.1, 0.15) is 0 Å². The summed E-state index contributed by atoms with van der Waals surface area (Å²) in [4.78, 5) is 9.87. The van der Waals surface area contributed by atoms with Gasteiger partial charge in [-0.1, -0.05) is 0 Å². The van der Waals surface area contributed by atoms with E-state index in [2.05, 4.69) is 0 Å². The first-order valence-corrected chi connectivity index (χ1v) is 4.63. The SMILES string of the molecule is O=C(O)CNS(=O)(=O)NCC(F)(F)F. The van der Waals surface area contributed by atoms with Gasteiger partial charge in [0.2, 0.25) is 0 Å². The predicted molar refractivity (Wildman–Crippen MR) is 38.6 cm³/mol. The van der Waals surface area contributed by atoms with Crippen molar-refractivity contribution in [3.63, 3.8) is 0 Å². The Hall–Kier alpha value is -0.870. The summed E-state index contributed by atoms with van der Waals surface area (Å²) < 4.78 is 58.3. The van der Waals surface area contributed by atoms with Gasteiger partial charge in [-0.2, -0.15) is 31.0 Å². The fourth-order valence-electron chi connectivity index (χ4n) is 0.385. The molecule has 0 bridgehead atoms. The maximum absolute atomic E-state index is 11.5. The van der Waals surface area contributed by atoms with Crippen molar-refractivity contribution in [1.29, 1.82) is 0 Å². The molecule has 10 heteroatoms. The molecule has 0 saturated carbocycles. The highest BCUT2D eigenvalue weighted by atomic mass is 32.2. The molecule has 0 amide bonds. The van der Waals surface area contributed by atoms with Crippen LogP contribution in [0.5, 0.6) is 0 Å². The van der Waals surface area contributed by atoms with E-state index in [9.17, 15) is 26.4 Å². The first-order chi connectivity index (χ1) is 6.12. The Bertz CT molecular complexity index is 298. The second-order valence-corrected chi connectivity index (χ2v) is 3.74. The average molecular weight is 236 g/mol. The molecule has 6 nitrogen and oxygen atoms in total. The van der Waals surface area contributed by atoms with E-state index < -0.39 is 35.4 Å². The Morgan fingerprint density at radius 3 is 2.14 bits per heavy atom. The topological polar surface area (TPSA) is 95.5 Å². The maximum atomic E-state index is 11.5. The highest BCUT2D eigenvalue weighted by Gasteiger charge is 2.29. The molecule has 0 saturated heterocycles. The standard InChI is InChI=1S/C4H7F3N2O4S/c5-4(6,7)2-9-14(12,13)8-1-3(10)11/h8-9H,1-2H2,(H,10,11). The Morgan fingerprint density at radius 2 is 1.79 bits per heavy atom. The third-order valence-corrected chi connectivity index (χ3v) is 1.92. The van der Waals surface area contributed by atoms with Gasteiger partial charge in [0.1, 0.15) is 13.1 Å². The molecule has 0 aromatic rings. The summed E-state index contributed by atoms with van der Waals surface area (Å²) in [6.07, 6.45) is -4.68. The molecule has 0 aliphatic heterocycles. The molecule has 0 aromatic heterocycles. The van der Waals surface area contributed by atoms with E-state index in [1.54, 1.807) is 0 Å². The van der Waals surface area contributed by atoms with Crippen LogP contribution in [0.2, 0.25) is 0 Å². The summed E-state index contributed by atoms with van der Waals surface area (Å²) in [5.74, 6) is -1.50. The van der Waals surface area contributed by atoms with Gasteiger partial charge in [0, 0.05) is 0 Å². The number of carboxylic acids is 1. The van der Waals surface area contributed by atoms with E-state index in [-0.39, 0.29) is 0 Å². The van der Waals surface area contributed by atoms with Crippen molar-refractivity contribution >= 4 is 16.2 Å². The lowest BCUT2D eigenvalue weighted by atomic mass is 10.7. The largest absolute Gasteiger partial charge is 0.480 e. The number of alkyl halides is 3. The van der Waals surface area contributed by atoms with Crippen LogP contribution >= 0.6 is 0 Å². The van der Waals surface area contributed by atoms with Gasteiger partial charge in [0.05, 0.1) is 0 Å². The van der Waals surface area contributed by atoms with E-state index in [4.69, 9.17) is 5.11 Å². The summed E-state index contributed by atoms with van der Waals surface area (Å²) in [5, 5.41) is 8.03. The van der Waals surface area contributed by atoms with Crippen molar-refractivity contribution < 1.29 is 31.5 Å². The molecule has 0 unspecified atom stereocenters. The van der Waals surface area contributed by atoms with Gasteiger partial charge in [0.25, 0.3) is 10.2 Å². The zero-order valence-corrected chi connectivity index (χ0v) is 7.44. The average Bonchev–Trinajstić information content (AvgIpc) is 1.97. The Kier molecular flexibility index (Phi) is 4.29. The van der Waals surface area contributed by atoms with Crippen LogP contribution in [-0.2, 0) is 15.0 Å². The van der Waals surface area contributed by atoms with Crippen LogP contribution in [-0.4, -0.2) is 38.8 Å². The van der Waals surface area contributed by atoms with Crippen molar-refractivity contribution in [2.75, 3.05) is 13.1 Å². The van der Waals surface area contributed by atoms with Gasteiger partial charge >= 0.3 is 12.1 Å². The highest BCUT2D eigenvalue weighted by molar-refractivity contribution is 7.87. The molecule has 84 valence electrons. The zero-order valence-electron chi connectivity index (χ0n) is 6.63. The van der Waals surface area contributed by atoms with Crippen LogP contribution in [0.25, 0.3) is 0 Å². The second-order valence-electron chi connectivity index (χ2n) is 2.15. The van der Waals surface area contributed by atoms with E-state index in [1.165, 1.54) is 4.72 Å². The first kappa shape index (κ1) is 13.1. The molecular weight excluding hydrogens is 229 g/mol. The molecule has 0 spiro atoms. The Balaban J connectivity index is 4.03. The number of carbonyl (C=O) groups is 1. The molecule has 0 aliphatic carbocycles. The van der Waals surface area contributed by atoms with Crippen molar-refractivity contribution in [2.45, 2.75) is 6.18 Å². The summed E-state index contributed by atoms with van der Waals surface area (Å²) in [6.45, 7) is -2.73. The number of hydrogen-bond acceptors (Lipinski definition) is 3. The van der Waals surface area contributed by atoms with Gasteiger partial charge < -0.3 is 5.11 Å². The summed E-state index contributed by atoms with van der Waals surface area (Å²) in [6, 6.07) is 0. The maximum Gasteiger partial charge on any atom is 0.402 e. The quantitative estimate of drug-likeness (QED) is 0.574. The fraction of sp³-hybridized carbons (Fsp3) is 0.750. The third-order valence-electron chi connectivity index (χ3n) is 0.876. The lowest BCUT2D eigenvalue weighted by Crippen LogP contribution is -2.43. The third kappa shape index (κ3) is 7.76. The van der Waals surface area contributed by atoms with Crippen LogP contribution < -0.4 is 9.44 Å². The molecular formula is C4H7F3N2O4S. The van der Waals surface area contributed by atoms with Gasteiger partial charge in [-0.05, 0) is 0 Å². The molecule has 0 atom stereocenters. The number of halogens is 3. The van der Waals surface area contributed by atoms with E-state index in [1.807, 2.05) is 0 Å². The minimum atomic E-state index is -4.68. The first-order valence-electron chi connectivity index (χ1n) is 3.15. The van der Waals surface area contributed by atoms with Gasteiger partial charge in [0.15, 0.2) is 0 Å². The van der Waals surface area contributed by atoms with Crippen molar-refractivity contribution in [2.24, 2.45) is 0 Å². The van der Waals surface area contributed by atoms with E-state index in [0.29, 0.717) is 0 Å². The minimum Gasteiger partial charge on any atom is -0.480 e. The van der Waals surface area contributed by atoms with E-state index >= 15 is 0 Å². The molecule has 0 heterocycles. The number of nitrogens with one attached hydrogen (secondary N) is 2. The van der Waals surface area contributed by atoms with Gasteiger partial charge in [-0.3, -0.25) is 4.79 Å². The summed E-state index contributed by atoms with van der Waals surface area (Å²) >= 11 is 0. The monoisotopic (exact) mass is 236 g/mol. The smallest absolute Gasteiger partial charge is 0.402 e. The molecule has 0 rings (SSSR count). The molecule has 0 fully saturated rings. The molecule has 0 aromatic carbocycles. The van der Waals surface area contributed by atoms with Crippen LogP contribution in [0, 0.1) is 0 Å². The fourth-order valence-corrected chi connectivity index (χ4v) is 1.15. The van der Waals surface area contributed by atoms with Crippen LogP contribution in [0.15, 0.2) is 0 Å². The van der Waals surface area contributed by atoms with Crippen LogP contribution in [0.3, 0.4) is 0 Å². The normalized spacial score (nSPS) is 12.8. The van der Waals surface area contributed by atoms with Crippen molar-refractivity contribution in [3.05, 3.63) is 0 Å². The lowest BCUT2D eigenvalue weighted by Gasteiger charge is -2.08. The highest BCUT2D eigenvalue weighted by Crippen LogP contribution is 2.12. The molecule has 3 N–H and O–H groups in total. The number of hydrogen-bond donors (Lipinski definition) is 3. The number of rotatable bonds is 5. The predicted octanol–water partition coefficient (Wildman–Crippen LogP) is -0.943. The number of aliphatic carboxylic acids is 1. The number of carboxylic acid groups (broad SMARTS) is 1. The zero-order chi connectivity index (χ0) is 11.4. The Labute approximate surface area is 77.3 Å².